The van der Waals surface area contributed by atoms with E-state index in [1.165, 1.54) is 10.5 Å². The summed E-state index contributed by atoms with van der Waals surface area (Å²) in [5.74, 6) is 2.23. The summed E-state index contributed by atoms with van der Waals surface area (Å²) in [5, 5.41) is 0. The standard InChI is InChI=1S/C21H25NO2S/c1-17-7-5-6-10-20(17)25-16-21(23)22-13-11-18(12-14-22)15-24-19-8-3-2-4-9-19/h2-10,18H,11-16H2,1H3. The van der Waals surface area contributed by atoms with Crippen LogP contribution in [0.3, 0.4) is 0 Å². The van der Waals surface area contributed by atoms with Gasteiger partial charge in [0.25, 0.3) is 0 Å². The summed E-state index contributed by atoms with van der Waals surface area (Å²) >= 11 is 1.64. The Morgan fingerprint density at radius 1 is 1.08 bits per heavy atom. The van der Waals surface area contributed by atoms with Gasteiger partial charge in [0.2, 0.25) is 5.91 Å². The second-order valence-corrected chi connectivity index (χ2v) is 7.52. The largest absolute Gasteiger partial charge is 0.493 e. The van der Waals surface area contributed by atoms with Gasteiger partial charge in [0.1, 0.15) is 5.75 Å². The van der Waals surface area contributed by atoms with Crippen LogP contribution in [0.15, 0.2) is 59.5 Å². The normalized spacial score (nSPS) is 15.2. The average molecular weight is 356 g/mol. The molecule has 1 heterocycles. The number of aryl methyl sites for hydroxylation is 1. The molecule has 132 valence electrons. The molecule has 0 aliphatic carbocycles. The molecule has 1 aliphatic heterocycles. The molecule has 1 saturated heterocycles. The molecular weight excluding hydrogens is 330 g/mol. The van der Waals surface area contributed by atoms with Crippen LogP contribution < -0.4 is 4.74 Å². The number of likely N-dealkylation sites (tertiary alicyclic amines) is 1. The van der Waals surface area contributed by atoms with Crippen LogP contribution in [0.4, 0.5) is 0 Å². The van der Waals surface area contributed by atoms with Crippen molar-refractivity contribution in [2.45, 2.75) is 24.7 Å². The number of benzene rings is 2. The van der Waals surface area contributed by atoms with Crippen molar-refractivity contribution in [3.63, 3.8) is 0 Å². The highest BCUT2D eigenvalue weighted by atomic mass is 32.2. The highest BCUT2D eigenvalue weighted by Crippen LogP contribution is 2.24. The van der Waals surface area contributed by atoms with Crippen molar-refractivity contribution >= 4 is 17.7 Å². The van der Waals surface area contributed by atoms with Gasteiger partial charge in [-0.15, -0.1) is 11.8 Å². The Hall–Kier alpha value is -1.94. The summed E-state index contributed by atoms with van der Waals surface area (Å²) in [7, 11) is 0. The zero-order valence-corrected chi connectivity index (χ0v) is 15.5. The number of amides is 1. The zero-order valence-electron chi connectivity index (χ0n) is 14.7. The third-order valence-corrected chi connectivity index (χ3v) is 5.80. The van der Waals surface area contributed by atoms with Gasteiger partial charge in [-0.1, -0.05) is 36.4 Å². The lowest BCUT2D eigenvalue weighted by atomic mass is 9.98. The molecule has 1 amide bonds. The smallest absolute Gasteiger partial charge is 0.232 e. The van der Waals surface area contributed by atoms with Gasteiger partial charge in [-0.2, -0.15) is 0 Å². The molecule has 0 radical (unpaired) electrons. The van der Waals surface area contributed by atoms with Crippen molar-refractivity contribution in [2.24, 2.45) is 5.92 Å². The second kappa shape index (κ2) is 8.95. The first-order chi connectivity index (χ1) is 12.2. The van der Waals surface area contributed by atoms with Crippen molar-refractivity contribution in [3.8, 4) is 5.75 Å². The van der Waals surface area contributed by atoms with E-state index in [9.17, 15) is 4.79 Å². The fourth-order valence-corrected chi connectivity index (χ4v) is 3.96. The van der Waals surface area contributed by atoms with Crippen molar-refractivity contribution in [1.82, 2.24) is 4.90 Å². The number of carbonyl (C=O) groups excluding carboxylic acids is 1. The molecule has 3 rings (SSSR count). The molecule has 0 bridgehead atoms. The first kappa shape index (κ1) is 17.9. The van der Waals surface area contributed by atoms with Gasteiger partial charge >= 0.3 is 0 Å². The van der Waals surface area contributed by atoms with Gasteiger partial charge in [-0.25, -0.2) is 0 Å². The topological polar surface area (TPSA) is 29.5 Å². The molecule has 3 nitrogen and oxygen atoms in total. The molecule has 0 N–H and O–H groups in total. The van der Waals surface area contributed by atoms with Crippen LogP contribution in [-0.2, 0) is 4.79 Å². The van der Waals surface area contributed by atoms with Gasteiger partial charge in [0.05, 0.1) is 12.4 Å². The molecule has 2 aromatic rings. The number of nitrogens with zero attached hydrogens (tertiary/aromatic N) is 1. The van der Waals surface area contributed by atoms with E-state index < -0.39 is 0 Å². The van der Waals surface area contributed by atoms with Gasteiger partial charge in [-0.05, 0) is 49.4 Å². The maximum absolute atomic E-state index is 12.4. The molecule has 4 heteroatoms. The first-order valence-corrected chi connectivity index (χ1v) is 9.85. The zero-order chi connectivity index (χ0) is 17.5. The Kier molecular flexibility index (Phi) is 6.40. The SMILES string of the molecule is Cc1ccccc1SCC(=O)N1CCC(COc2ccccc2)CC1. The van der Waals surface area contributed by atoms with Crippen LogP contribution in [-0.4, -0.2) is 36.3 Å². The number of para-hydroxylation sites is 1. The summed E-state index contributed by atoms with van der Waals surface area (Å²) in [5.41, 5.74) is 1.23. The number of thioether (sulfide) groups is 1. The number of rotatable bonds is 6. The lowest BCUT2D eigenvalue weighted by Crippen LogP contribution is -2.40. The van der Waals surface area contributed by atoms with Crippen LogP contribution in [0.25, 0.3) is 0 Å². The minimum absolute atomic E-state index is 0.246. The predicted molar refractivity (Wildman–Crippen MR) is 103 cm³/mol. The Morgan fingerprint density at radius 2 is 1.76 bits per heavy atom. The lowest BCUT2D eigenvalue weighted by Gasteiger charge is -2.32. The van der Waals surface area contributed by atoms with E-state index in [0.717, 1.165) is 38.3 Å². The maximum atomic E-state index is 12.4. The summed E-state index contributed by atoms with van der Waals surface area (Å²) in [6, 6.07) is 18.2. The monoisotopic (exact) mass is 355 g/mol. The number of piperidine rings is 1. The van der Waals surface area contributed by atoms with Gasteiger partial charge in [0.15, 0.2) is 0 Å². The van der Waals surface area contributed by atoms with E-state index in [-0.39, 0.29) is 5.91 Å². The molecule has 1 aliphatic rings. The molecule has 1 fully saturated rings. The molecule has 25 heavy (non-hydrogen) atoms. The third-order valence-electron chi connectivity index (χ3n) is 4.64. The van der Waals surface area contributed by atoms with Crippen LogP contribution >= 0.6 is 11.8 Å². The van der Waals surface area contributed by atoms with E-state index in [2.05, 4.69) is 19.1 Å². The number of carbonyl (C=O) groups is 1. The maximum Gasteiger partial charge on any atom is 0.232 e. The highest BCUT2D eigenvalue weighted by Gasteiger charge is 2.23. The summed E-state index contributed by atoms with van der Waals surface area (Å²) in [6.45, 7) is 4.51. The van der Waals surface area contributed by atoms with Gasteiger partial charge < -0.3 is 9.64 Å². The molecule has 0 unspecified atom stereocenters. The van der Waals surface area contributed by atoms with E-state index in [1.807, 2.05) is 47.4 Å². The average Bonchev–Trinajstić information content (AvgIpc) is 2.67. The molecule has 0 spiro atoms. The van der Waals surface area contributed by atoms with Crippen LogP contribution in [0.1, 0.15) is 18.4 Å². The Labute approximate surface area is 154 Å². The number of hydrogen-bond acceptors (Lipinski definition) is 3. The van der Waals surface area contributed by atoms with Crippen molar-refractivity contribution in [2.75, 3.05) is 25.4 Å². The molecule has 0 saturated carbocycles. The summed E-state index contributed by atoms with van der Waals surface area (Å²) in [6.07, 6.45) is 2.04. The minimum Gasteiger partial charge on any atom is -0.493 e. The van der Waals surface area contributed by atoms with E-state index in [4.69, 9.17) is 4.74 Å². The summed E-state index contributed by atoms with van der Waals surface area (Å²) in [4.78, 5) is 15.6. The Balaban J connectivity index is 1.39. The van der Waals surface area contributed by atoms with Crippen molar-refractivity contribution < 1.29 is 9.53 Å². The fraction of sp³-hybridized carbons (Fsp3) is 0.381. The molecule has 0 atom stereocenters. The number of ether oxygens (including phenoxy) is 1. The molecular formula is C21H25NO2S. The second-order valence-electron chi connectivity index (χ2n) is 6.50. The third kappa shape index (κ3) is 5.27. The molecule has 0 aromatic heterocycles. The number of hydrogen-bond donors (Lipinski definition) is 0. The van der Waals surface area contributed by atoms with Crippen LogP contribution in [0.2, 0.25) is 0 Å². The van der Waals surface area contributed by atoms with E-state index >= 15 is 0 Å². The first-order valence-electron chi connectivity index (χ1n) is 8.86. The van der Waals surface area contributed by atoms with Crippen LogP contribution in [0, 0.1) is 12.8 Å². The summed E-state index contributed by atoms with van der Waals surface area (Å²) < 4.78 is 5.85. The van der Waals surface area contributed by atoms with Gasteiger partial charge in [0, 0.05) is 18.0 Å². The van der Waals surface area contributed by atoms with Crippen molar-refractivity contribution in [1.29, 1.82) is 0 Å². The lowest BCUT2D eigenvalue weighted by molar-refractivity contribution is -0.129. The predicted octanol–water partition coefficient (Wildman–Crippen LogP) is 4.40. The minimum atomic E-state index is 0.246. The Bertz CT molecular complexity index is 681. The Morgan fingerprint density at radius 3 is 2.48 bits per heavy atom. The van der Waals surface area contributed by atoms with E-state index in [1.54, 1.807) is 11.8 Å². The van der Waals surface area contributed by atoms with Crippen molar-refractivity contribution in [3.05, 3.63) is 60.2 Å². The fourth-order valence-electron chi connectivity index (χ4n) is 3.03. The molecule has 2 aromatic carbocycles. The highest BCUT2D eigenvalue weighted by molar-refractivity contribution is 8.00. The van der Waals surface area contributed by atoms with E-state index in [0.29, 0.717) is 11.7 Å². The quantitative estimate of drug-likeness (QED) is 0.719. The van der Waals surface area contributed by atoms with Crippen LogP contribution in [0.5, 0.6) is 5.75 Å². The van der Waals surface area contributed by atoms with Gasteiger partial charge in [-0.3, -0.25) is 4.79 Å².